The first-order valence-corrected chi connectivity index (χ1v) is 9.25. The van der Waals surface area contributed by atoms with Gasteiger partial charge in [-0.25, -0.2) is 9.07 Å². The van der Waals surface area contributed by atoms with Crippen LogP contribution in [-0.4, -0.2) is 16.4 Å². The van der Waals surface area contributed by atoms with E-state index in [1.54, 1.807) is 35.0 Å². The molecule has 0 amide bonds. The third-order valence-corrected chi connectivity index (χ3v) is 5.55. The monoisotopic (exact) mass is 400 g/mol. The smallest absolute Gasteiger partial charge is 0.387 e. The molecule has 0 unspecified atom stereocenters. The standard InChI is InChI=1S/C16H11F3N2OS3/c17-11-5-7-12(8-6-11)21-16(23)25-15(20-21)24-9-10-3-1-2-4-13(10)22-14(18)19/h1-8,14H,9H2. The van der Waals surface area contributed by atoms with E-state index < -0.39 is 6.61 Å². The molecule has 0 saturated heterocycles. The number of hydrogen-bond acceptors (Lipinski definition) is 5. The number of nitrogens with zero attached hydrogens (tertiary/aromatic N) is 2. The van der Waals surface area contributed by atoms with Crippen LogP contribution in [0, 0.1) is 9.77 Å². The van der Waals surface area contributed by atoms with E-state index >= 15 is 0 Å². The summed E-state index contributed by atoms with van der Waals surface area (Å²) >= 11 is 7.96. The van der Waals surface area contributed by atoms with Crippen LogP contribution in [0.2, 0.25) is 0 Å². The Bertz CT molecular complexity index is 909. The summed E-state index contributed by atoms with van der Waals surface area (Å²) in [6, 6.07) is 12.5. The summed E-state index contributed by atoms with van der Waals surface area (Å²) in [4.78, 5) is 0. The maximum atomic E-state index is 13.0. The molecule has 0 N–H and O–H groups in total. The van der Waals surface area contributed by atoms with Crippen LogP contribution < -0.4 is 4.74 Å². The van der Waals surface area contributed by atoms with Crippen molar-refractivity contribution in [1.82, 2.24) is 9.78 Å². The lowest BCUT2D eigenvalue weighted by Crippen LogP contribution is -2.03. The summed E-state index contributed by atoms with van der Waals surface area (Å²) in [5.74, 6) is 0.219. The molecule has 1 aromatic heterocycles. The van der Waals surface area contributed by atoms with Gasteiger partial charge < -0.3 is 4.74 Å². The number of ether oxygens (including phenoxy) is 1. The van der Waals surface area contributed by atoms with E-state index in [0.29, 0.717) is 25.3 Å². The molecule has 0 radical (unpaired) electrons. The Morgan fingerprint density at radius 3 is 2.60 bits per heavy atom. The van der Waals surface area contributed by atoms with E-state index in [2.05, 4.69) is 9.84 Å². The Morgan fingerprint density at radius 2 is 1.88 bits per heavy atom. The van der Waals surface area contributed by atoms with E-state index in [1.165, 1.54) is 41.3 Å². The molecule has 0 bridgehead atoms. The van der Waals surface area contributed by atoms with Crippen molar-refractivity contribution >= 4 is 35.3 Å². The van der Waals surface area contributed by atoms with Crippen LogP contribution in [0.3, 0.4) is 0 Å². The molecule has 0 fully saturated rings. The summed E-state index contributed by atoms with van der Waals surface area (Å²) < 4.78 is 45.2. The van der Waals surface area contributed by atoms with Crippen LogP contribution in [0.5, 0.6) is 5.75 Å². The zero-order valence-electron chi connectivity index (χ0n) is 12.6. The minimum atomic E-state index is -2.87. The normalized spacial score (nSPS) is 11.0. The molecular formula is C16H11F3N2OS3. The summed E-state index contributed by atoms with van der Waals surface area (Å²) in [6.45, 7) is -2.87. The Balaban J connectivity index is 1.76. The predicted molar refractivity (Wildman–Crippen MR) is 94.9 cm³/mol. The second kappa shape index (κ2) is 8.03. The maximum absolute atomic E-state index is 13.0. The highest BCUT2D eigenvalue weighted by atomic mass is 32.2. The van der Waals surface area contributed by atoms with Gasteiger partial charge in [0.2, 0.25) is 0 Å². The number of para-hydroxylation sites is 1. The number of benzene rings is 2. The molecule has 9 heteroatoms. The van der Waals surface area contributed by atoms with Gasteiger partial charge in [-0.05, 0) is 42.5 Å². The van der Waals surface area contributed by atoms with E-state index in [9.17, 15) is 13.2 Å². The highest BCUT2D eigenvalue weighted by Crippen LogP contribution is 2.31. The van der Waals surface area contributed by atoms with Gasteiger partial charge in [-0.2, -0.15) is 8.78 Å². The number of aromatic nitrogens is 2. The van der Waals surface area contributed by atoms with E-state index in [4.69, 9.17) is 12.2 Å². The average Bonchev–Trinajstić information content (AvgIpc) is 2.95. The molecular weight excluding hydrogens is 389 g/mol. The van der Waals surface area contributed by atoms with Crippen molar-refractivity contribution in [3.63, 3.8) is 0 Å². The summed E-state index contributed by atoms with van der Waals surface area (Å²) in [5, 5.41) is 4.40. The van der Waals surface area contributed by atoms with Gasteiger partial charge in [0.1, 0.15) is 11.6 Å². The van der Waals surface area contributed by atoms with Gasteiger partial charge >= 0.3 is 6.61 Å². The Morgan fingerprint density at radius 1 is 1.16 bits per heavy atom. The van der Waals surface area contributed by atoms with Gasteiger partial charge in [-0.15, -0.1) is 5.10 Å². The summed E-state index contributed by atoms with van der Waals surface area (Å²) in [5.41, 5.74) is 1.30. The number of halogens is 3. The van der Waals surface area contributed by atoms with Gasteiger partial charge in [0.25, 0.3) is 0 Å². The highest BCUT2D eigenvalue weighted by molar-refractivity contribution is 8.00. The Kier molecular flexibility index (Phi) is 5.77. The SMILES string of the molecule is Fc1ccc(-n2nc(SCc3ccccc3OC(F)F)sc2=S)cc1. The average molecular weight is 400 g/mol. The molecule has 0 spiro atoms. The van der Waals surface area contributed by atoms with Gasteiger partial charge in [0, 0.05) is 11.3 Å². The molecule has 3 rings (SSSR count). The molecule has 3 nitrogen and oxygen atoms in total. The summed E-state index contributed by atoms with van der Waals surface area (Å²) in [6.07, 6.45) is 0. The van der Waals surface area contributed by atoms with E-state index in [0.717, 1.165) is 0 Å². The molecule has 2 aromatic carbocycles. The van der Waals surface area contributed by atoms with Crippen molar-refractivity contribution in [2.75, 3.05) is 0 Å². The fourth-order valence-corrected chi connectivity index (χ4v) is 4.39. The summed E-state index contributed by atoms with van der Waals surface area (Å²) in [7, 11) is 0. The Labute approximate surface area is 155 Å². The van der Waals surface area contributed by atoms with Crippen LogP contribution in [0.1, 0.15) is 5.56 Å². The van der Waals surface area contributed by atoms with Crippen LogP contribution in [0.25, 0.3) is 5.69 Å². The lowest BCUT2D eigenvalue weighted by Gasteiger charge is -2.09. The number of alkyl halides is 2. The topological polar surface area (TPSA) is 27.1 Å². The molecule has 0 saturated carbocycles. The lowest BCUT2D eigenvalue weighted by atomic mass is 10.2. The Hall–Kier alpha value is -1.84. The minimum absolute atomic E-state index is 0.145. The van der Waals surface area contributed by atoms with E-state index in [-0.39, 0.29) is 11.6 Å². The first kappa shape index (κ1) is 18.0. The van der Waals surface area contributed by atoms with Crippen molar-refractivity contribution in [2.45, 2.75) is 16.7 Å². The van der Waals surface area contributed by atoms with Crippen LogP contribution in [-0.2, 0) is 5.75 Å². The molecule has 0 aliphatic rings. The molecule has 1 heterocycles. The predicted octanol–water partition coefficient (Wildman–Crippen LogP) is 5.70. The molecule has 0 atom stereocenters. The zero-order valence-corrected chi connectivity index (χ0v) is 15.0. The molecule has 130 valence electrons. The number of rotatable bonds is 6. The second-order valence-electron chi connectivity index (χ2n) is 4.80. The van der Waals surface area contributed by atoms with E-state index in [1.807, 2.05) is 0 Å². The minimum Gasteiger partial charge on any atom is -0.435 e. The fourth-order valence-electron chi connectivity index (χ4n) is 2.04. The van der Waals surface area contributed by atoms with Crippen molar-refractivity contribution < 1.29 is 17.9 Å². The largest absolute Gasteiger partial charge is 0.435 e. The van der Waals surface area contributed by atoms with Crippen molar-refractivity contribution in [3.8, 4) is 11.4 Å². The lowest BCUT2D eigenvalue weighted by molar-refractivity contribution is -0.0503. The number of thioether (sulfide) groups is 1. The number of hydrogen-bond donors (Lipinski definition) is 0. The van der Waals surface area contributed by atoms with Gasteiger partial charge in [-0.3, -0.25) is 0 Å². The molecule has 25 heavy (non-hydrogen) atoms. The third kappa shape index (κ3) is 4.62. The van der Waals surface area contributed by atoms with Gasteiger partial charge in [0.15, 0.2) is 8.29 Å². The first-order valence-electron chi connectivity index (χ1n) is 7.04. The van der Waals surface area contributed by atoms with Gasteiger partial charge in [-0.1, -0.05) is 41.3 Å². The van der Waals surface area contributed by atoms with Crippen LogP contribution >= 0.6 is 35.3 Å². The van der Waals surface area contributed by atoms with Gasteiger partial charge in [0.05, 0.1) is 5.69 Å². The fraction of sp³-hybridized carbons (Fsp3) is 0.125. The van der Waals surface area contributed by atoms with Crippen molar-refractivity contribution in [1.29, 1.82) is 0 Å². The third-order valence-electron chi connectivity index (χ3n) is 3.14. The zero-order chi connectivity index (χ0) is 17.8. The molecule has 0 aliphatic heterocycles. The second-order valence-corrected chi connectivity index (χ2v) is 7.64. The quantitative estimate of drug-likeness (QED) is 0.392. The molecule has 3 aromatic rings. The first-order chi connectivity index (χ1) is 12.0. The van der Waals surface area contributed by atoms with Crippen LogP contribution in [0.4, 0.5) is 13.2 Å². The van der Waals surface area contributed by atoms with Crippen molar-refractivity contribution in [3.05, 3.63) is 63.9 Å². The molecule has 0 aliphatic carbocycles. The maximum Gasteiger partial charge on any atom is 0.387 e. The van der Waals surface area contributed by atoms with Crippen LogP contribution in [0.15, 0.2) is 52.9 Å². The van der Waals surface area contributed by atoms with Crippen molar-refractivity contribution in [2.24, 2.45) is 0 Å². The highest BCUT2D eigenvalue weighted by Gasteiger charge is 2.11.